The van der Waals surface area contributed by atoms with Crippen molar-refractivity contribution in [2.75, 3.05) is 20.1 Å². The molecule has 0 radical (unpaired) electrons. The lowest BCUT2D eigenvalue weighted by Crippen LogP contribution is -2.35. The van der Waals surface area contributed by atoms with Crippen LogP contribution in [0.5, 0.6) is 5.88 Å². The van der Waals surface area contributed by atoms with Gasteiger partial charge in [0.15, 0.2) is 0 Å². The van der Waals surface area contributed by atoms with Crippen LogP contribution in [0, 0.1) is 21.4 Å². The third kappa shape index (κ3) is 3.22. The molecule has 0 aliphatic carbocycles. The molecule has 23 heavy (non-hydrogen) atoms. The van der Waals surface area contributed by atoms with Crippen LogP contribution in [0.4, 0.5) is 5.69 Å². The molecular formula is C16H16N4O3. The molecule has 1 fully saturated rings. The maximum atomic E-state index is 10.8. The van der Waals surface area contributed by atoms with Gasteiger partial charge in [-0.1, -0.05) is 0 Å². The van der Waals surface area contributed by atoms with Gasteiger partial charge in [0.05, 0.1) is 10.4 Å². The minimum Gasteiger partial charge on any atom is -0.473 e. The molecule has 0 atom stereocenters. The highest BCUT2D eigenvalue weighted by molar-refractivity contribution is 5.83. The lowest BCUT2D eigenvalue weighted by atomic mass is 10.1. The summed E-state index contributed by atoms with van der Waals surface area (Å²) in [5.74, 6) is 0.309. The number of nitrogens with zero attached hydrogens (tertiary/aromatic N) is 4. The molecule has 2 aromatic rings. The fourth-order valence-electron chi connectivity index (χ4n) is 2.69. The molecule has 1 aromatic carbocycles. The highest BCUT2D eigenvalue weighted by atomic mass is 16.6. The molecule has 2 heterocycles. The number of ether oxygens (including phenoxy) is 1. The van der Waals surface area contributed by atoms with Crippen molar-refractivity contribution in [2.24, 2.45) is 0 Å². The van der Waals surface area contributed by atoms with Gasteiger partial charge in [-0.3, -0.25) is 10.1 Å². The van der Waals surface area contributed by atoms with Gasteiger partial charge in [0.2, 0.25) is 5.88 Å². The van der Waals surface area contributed by atoms with Crippen LogP contribution in [-0.2, 0) is 0 Å². The van der Waals surface area contributed by atoms with Crippen molar-refractivity contribution in [3.8, 4) is 11.9 Å². The predicted octanol–water partition coefficient (Wildman–Crippen LogP) is 2.49. The molecule has 0 amide bonds. The van der Waals surface area contributed by atoms with E-state index in [2.05, 4.69) is 23.0 Å². The van der Waals surface area contributed by atoms with Gasteiger partial charge in [-0.15, -0.1) is 0 Å². The summed E-state index contributed by atoms with van der Waals surface area (Å²) >= 11 is 0. The van der Waals surface area contributed by atoms with E-state index in [4.69, 9.17) is 4.74 Å². The number of piperidine rings is 1. The molecule has 1 aliphatic rings. The Morgan fingerprint density at radius 2 is 2.13 bits per heavy atom. The molecule has 7 heteroatoms. The minimum absolute atomic E-state index is 0.0211. The minimum atomic E-state index is -0.464. The standard InChI is InChI=1S/C16H16N4O3/c1-19-6-4-14(5-7-19)23-16-12(10-17)8-11-9-13(20(21)22)2-3-15(11)18-16/h2-3,8-9,14H,4-7H2,1H3. The molecular weight excluding hydrogens is 296 g/mol. The summed E-state index contributed by atoms with van der Waals surface area (Å²) in [4.78, 5) is 17.0. The van der Waals surface area contributed by atoms with Crippen LogP contribution in [0.1, 0.15) is 18.4 Å². The first-order valence-electron chi connectivity index (χ1n) is 7.41. The number of hydrogen-bond donors (Lipinski definition) is 0. The van der Waals surface area contributed by atoms with Crippen molar-refractivity contribution in [1.82, 2.24) is 9.88 Å². The quantitative estimate of drug-likeness (QED) is 0.638. The Balaban J connectivity index is 1.92. The van der Waals surface area contributed by atoms with Crippen LogP contribution in [0.25, 0.3) is 10.9 Å². The van der Waals surface area contributed by atoms with Gasteiger partial charge in [0, 0.05) is 30.6 Å². The van der Waals surface area contributed by atoms with Gasteiger partial charge in [-0.25, -0.2) is 4.98 Å². The largest absolute Gasteiger partial charge is 0.473 e. The average molecular weight is 312 g/mol. The molecule has 0 spiro atoms. The molecule has 1 aliphatic heterocycles. The number of pyridine rings is 1. The third-order valence-corrected chi connectivity index (χ3v) is 4.04. The Bertz CT molecular complexity index is 792. The SMILES string of the molecule is CN1CCC(Oc2nc3ccc([N+](=O)[O-])cc3cc2C#N)CC1. The maximum absolute atomic E-state index is 10.8. The summed E-state index contributed by atoms with van der Waals surface area (Å²) in [5.41, 5.74) is 0.863. The summed E-state index contributed by atoms with van der Waals surface area (Å²) in [6.45, 7) is 1.90. The first-order valence-corrected chi connectivity index (χ1v) is 7.41. The van der Waals surface area contributed by atoms with Gasteiger partial charge in [-0.2, -0.15) is 5.26 Å². The Kier molecular flexibility index (Phi) is 4.08. The second-order valence-corrected chi connectivity index (χ2v) is 5.71. The van der Waals surface area contributed by atoms with Crippen molar-refractivity contribution in [1.29, 1.82) is 5.26 Å². The number of rotatable bonds is 3. The Morgan fingerprint density at radius 3 is 2.78 bits per heavy atom. The van der Waals surface area contributed by atoms with Crippen LogP contribution < -0.4 is 4.74 Å². The summed E-state index contributed by atoms with van der Waals surface area (Å²) in [5, 5.41) is 20.7. The number of nitriles is 1. The van der Waals surface area contributed by atoms with Gasteiger partial charge in [-0.05, 0) is 32.0 Å². The zero-order chi connectivity index (χ0) is 16.4. The summed E-state index contributed by atoms with van der Waals surface area (Å²) in [6, 6.07) is 8.07. The first-order chi connectivity index (χ1) is 11.1. The number of non-ortho nitro benzene ring substituents is 1. The smallest absolute Gasteiger partial charge is 0.270 e. The predicted molar refractivity (Wildman–Crippen MR) is 84.3 cm³/mol. The van der Waals surface area contributed by atoms with Gasteiger partial charge in [0.1, 0.15) is 17.7 Å². The van der Waals surface area contributed by atoms with Crippen molar-refractivity contribution in [3.05, 3.63) is 39.9 Å². The molecule has 0 saturated carbocycles. The number of benzene rings is 1. The molecule has 118 valence electrons. The molecule has 0 N–H and O–H groups in total. The fourth-order valence-corrected chi connectivity index (χ4v) is 2.69. The van der Waals surface area contributed by atoms with E-state index in [0.717, 1.165) is 25.9 Å². The molecule has 1 aromatic heterocycles. The van der Waals surface area contributed by atoms with E-state index in [1.807, 2.05) is 0 Å². The zero-order valence-electron chi connectivity index (χ0n) is 12.7. The normalized spacial score (nSPS) is 16.2. The second kappa shape index (κ2) is 6.18. The lowest BCUT2D eigenvalue weighted by molar-refractivity contribution is -0.384. The van der Waals surface area contributed by atoms with Gasteiger partial charge < -0.3 is 9.64 Å². The van der Waals surface area contributed by atoms with Crippen molar-refractivity contribution >= 4 is 16.6 Å². The van der Waals surface area contributed by atoms with Gasteiger partial charge in [0.25, 0.3) is 5.69 Å². The molecule has 1 saturated heterocycles. The number of aromatic nitrogens is 1. The van der Waals surface area contributed by atoms with Crippen LogP contribution in [0.3, 0.4) is 0 Å². The summed E-state index contributed by atoms with van der Waals surface area (Å²) in [7, 11) is 2.07. The van der Waals surface area contributed by atoms with Crippen molar-refractivity contribution in [2.45, 2.75) is 18.9 Å². The van der Waals surface area contributed by atoms with E-state index >= 15 is 0 Å². The van der Waals surface area contributed by atoms with E-state index in [-0.39, 0.29) is 11.8 Å². The van der Waals surface area contributed by atoms with Gasteiger partial charge >= 0.3 is 0 Å². The topological polar surface area (TPSA) is 92.3 Å². The van der Waals surface area contributed by atoms with Crippen molar-refractivity contribution < 1.29 is 9.66 Å². The Labute approximate surface area is 133 Å². The lowest BCUT2D eigenvalue weighted by Gasteiger charge is -2.29. The number of likely N-dealkylation sites (tertiary alicyclic amines) is 1. The number of hydrogen-bond acceptors (Lipinski definition) is 6. The van der Waals surface area contributed by atoms with E-state index in [0.29, 0.717) is 22.3 Å². The highest BCUT2D eigenvalue weighted by Gasteiger charge is 2.20. The summed E-state index contributed by atoms with van der Waals surface area (Å²) < 4.78 is 5.92. The molecule has 3 rings (SSSR count). The van der Waals surface area contributed by atoms with Crippen LogP contribution in [-0.4, -0.2) is 41.0 Å². The number of nitro groups is 1. The third-order valence-electron chi connectivity index (χ3n) is 4.04. The number of fused-ring (bicyclic) bond motifs is 1. The number of nitro benzene ring substituents is 1. The molecule has 7 nitrogen and oxygen atoms in total. The van der Waals surface area contributed by atoms with Crippen molar-refractivity contribution in [3.63, 3.8) is 0 Å². The van der Waals surface area contributed by atoms with Crippen LogP contribution >= 0.6 is 0 Å². The maximum Gasteiger partial charge on any atom is 0.270 e. The summed E-state index contributed by atoms with van der Waals surface area (Å²) in [6.07, 6.45) is 1.82. The van der Waals surface area contributed by atoms with Crippen LogP contribution in [0.2, 0.25) is 0 Å². The van der Waals surface area contributed by atoms with E-state index in [1.165, 1.54) is 12.1 Å². The first kappa shape index (κ1) is 15.2. The highest BCUT2D eigenvalue weighted by Crippen LogP contribution is 2.27. The van der Waals surface area contributed by atoms with E-state index in [9.17, 15) is 15.4 Å². The average Bonchev–Trinajstić information content (AvgIpc) is 2.55. The van der Waals surface area contributed by atoms with Crippen LogP contribution in [0.15, 0.2) is 24.3 Å². The monoisotopic (exact) mass is 312 g/mol. The van der Waals surface area contributed by atoms with E-state index < -0.39 is 4.92 Å². The zero-order valence-corrected chi connectivity index (χ0v) is 12.7. The Hall–Kier alpha value is -2.72. The molecule has 0 bridgehead atoms. The second-order valence-electron chi connectivity index (χ2n) is 5.71. The fraction of sp³-hybridized carbons (Fsp3) is 0.375. The van der Waals surface area contributed by atoms with E-state index in [1.54, 1.807) is 12.1 Å². The molecule has 0 unspecified atom stereocenters. The Morgan fingerprint density at radius 1 is 1.39 bits per heavy atom.